The second-order valence-electron chi connectivity index (χ2n) is 5.22. The summed E-state index contributed by atoms with van der Waals surface area (Å²) in [4.78, 5) is 8.26. The van der Waals surface area contributed by atoms with E-state index in [0.29, 0.717) is 12.6 Å². The van der Waals surface area contributed by atoms with Crippen molar-refractivity contribution in [2.24, 2.45) is 4.99 Å². The van der Waals surface area contributed by atoms with Gasteiger partial charge in [0, 0.05) is 24.6 Å². The highest BCUT2D eigenvalue weighted by atomic mass is 32.1. The number of hydrogen-bond donors (Lipinski definition) is 2. The average Bonchev–Trinajstić information content (AvgIpc) is 2.92. The molecule has 21 heavy (non-hydrogen) atoms. The van der Waals surface area contributed by atoms with Crippen molar-refractivity contribution in [1.82, 2.24) is 15.5 Å². The van der Waals surface area contributed by atoms with E-state index in [9.17, 15) is 0 Å². The molecule has 5 nitrogen and oxygen atoms in total. The van der Waals surface area contributed by atoms with Gasteiger partial charge in [-0.05, 0) is 39.4 Å². The van der Waals surface area contributed by atoms with E-state index < -0.39 is 0 Å². The summed E-state index contributed by atoms with van der Waals surface area (Å²) in [7, 11) is 5.89. The third-order valence-electron chi connectivity index (χ3n) is 3.06. The van der Waals surface area contributed by atoms with E-state index in [2.05, 4.69) is 61.0 Å². The number of ether oxygens (including phenoxy) is 1. The predicted molar refractivity (Wildman–Crippen MR) is 91.2 cm³/mol. The second-order valence-corrected chi connectivity index (χ2v) is 6.19. The number of guanidine groups is 1. The number of nitrogens with one attached hydrogen (secondary N) is 2. The minimum atomic E-state index is 0.229. The van der Waals surface area contributed by atoms with E-state index in [-0.39, 0.29) is 6.04 Å². The van der Waals surface area contributed by atoms with E-state index in [1.165, 1.54) is 4.88 Å². The number of likely N-dealkylation sites (N-methyl/N-ethyl adjacent to an activating group) is 1. The Morgan fingerprint density at radius 2 is 2.24 bits per heavy atom. The van der Waals surface area contributed by atoms with Crippen molar-refractivity contribution in [2.45, 2.75) is 25.9 Å². The molecule has 0 aliphatic rings. The van der Waals surface area contributed by atoms with E-state index in [4.69, 9.17) is 9.73 Å². The van der Waals surface area contributed by atoms with E-state index in [1.807, 2.05) is 0 Å². The molecule has 0 fully saturated rings. The fraction of sp³-hybridized carbons (Fsp3) is 0.667. The normalized spacial score (nSPS) is 15.0. The highest BCUT2D eigenvalue weighted by molar-refractivity contribution is 7.10. The minimum absolute atomic E-state index is 0.229. The van der Waals surface area contributed by atoms with E-state index >= 15 is 0 Å². The molecule has 1 heterocycles. The fourth-order valence-electron chi connectivity index (χ4n) is 2.01. The largest absolute Gasteiger partial charge is 0.383 e. The summed E-state index contributed by atoms with van der Waals surface area (Å²) in [5, 5.41) is 8.75. The van der Waals surface area contributed by atoms with Gasteiger partial charge in [-0.1, -0.05) is 6.07 Å². The Kier molecular flexibility index (Phi) is 8.34. The lowest BCUT2D eigenvalue weighted by atomic mass is 10.2. The van der Waals surface area contributed by atoms with Crippen molar-refractivity contribution in [3.8, 4) is 0 Å². The van der Waals surface area contributed by atoms with Crippen LogP contribution in [0.15, 0.2) is 22.5 Å². The van der Waals surface area contributed by atoms with Crippen LogP contribution >= 0.6 is 11.3 Å². The van der Waals surface area contributed by atoms with Crippen LogP contribution in [0.25, 0.3) is 0 Å². The number of aliphatic imine (C=N–C) groups is 1. The molecule has 0 aromatic carbocycles. The van der Waals surface area contributed by atoms with Crippen molar-refractivity contribution < 1.29 is 4.74 Å². The Balaban J connectivity index is 2.70. The van der Waals surface area contributed by atoms with Gasteiger partial charge >= 0.3 is 0 Å². The summed E-state index contributed by atoms with van der Waals surface area (Å²) >= 11 is 1.77. The Bertz CT molecular complexity index is 406. The third kappa shape index (κ3) is 6.46. The molecule has 2 atom stereocenters. The molecule has 1 aromatic rings. The lowest BCUT2D eigenvalue weighted by molar-refractivity contribution is 0.179. The standard InChI is InChI=1S/C15H28N4OS/c1-6-16-15(18-12(2)11-20-5)17-10-13(19(3)4)14-8-7-9-21-14/h7-9,12-13H,6,10-11H2,1-5H3,(H2,16,17,18). The molecule has 0 saturated carbocycles. The molecular weight excluding hydrogens is 284 g/mol. The molecule has 2 unspecified atom stereocenters. The molecular formula is C15H28N4OS. The van der Waals surface area contributed by atoms with Crippen molar-refractivity contribution in [2.75, 3.05) is 40.9 Å². The monoisotopic (exact) mass is 312 g/mol. The summed E-state index contributed by atoms with van der Waals surface area (Å²) < 4.78 is 5.15. The van der Waals surface area contributed by atoms with Gasteiger partial charge in [0.2, 0.25) is 0 Å². The quantitative estimate of drug-likeness (QED) is 0.569. The molecule has 0 radical (unpaired) electrons. The van der Waals surface area contributed by atoms with Crippen LogP contribution in [0.1, 0.15) is 24.8 Å². The van der Waals surface area contributed by atoms with Crippen LogP contribution in [0.4, 0.5) is 0 Å². The summed E-state index contributed by atoms with van der Waals surface area (Å²) in [6.45, 7) is 6.38. The molecule has 0 saturated heterocycles. The molecule has 1 rings (SSSR count). The first-order valence-electron chi connectivity index (χ1n) is 7.32. The van der Waals surface area contributed by atoms with E-state index in [0.717, 1.165) is 19.0 Å². The zero-order valence-corrected chi connectivity index (χ0v) is 14.5. The molecule has 0 aliphatic carbocycles. The Labute approximate surface area is 132 Å². The van der Waals surface area contributed by atoms with Crippen LogP contribution in [0.3, 0.4) is 0 Å². The molecule has 0 amide bonds. The van der Waals surface area contributed by atoms with Gasteiger partial charge in [-0.15, -0.1) is 11.3 Å². The summed E-state index contributed by atoms with van der Waals surface area (Å²) in [5.41, 5.74) is 0. The van der Waals surface area contributed by atoms with Crippen LogP contribution < -0.4 is 10.6 Å². The topological polar surface area (TPSA) is 48.9 Å². The zero-order chi connectivity index (χ0) is 15.7. The zero-order valence-electron chi connectivity index (χ0n) is 13.7. The summed E-state index contributed by atoms with van der Waals surface area (Å²) in [5.74, 6) is 0.838. The van der Waals surface area contributed by atoms with Crippen molar-refractivity contribution >= 4 is 17.3 Å². The Hall–Kier alpha value is -1.11. The van der Waals surface area contributed by atoms with Gasteiger partial charge in [0.05, 0.1) is 19.2 Å². The van der Waals surface area contributed by atoms with Gasteiger partial charge in [0.25, 0.3) is 0 Å². The van der Waals surface area contributed by atoms with Gasteiger partial charge in [-0.25, -0.2) is 0 Å². The molecule has 0 bridgehead atoms. The number of thiophene rings is 1. The van der Waals surface area contributed by atoms with Gasteiger partial charge in [0.15, 0.2) is 5.96 Å². The first-order valence-corrected chi connectivity index (χ1v) is 8.20. The minimum Gasteiger partial charge on any atom is -0.383 e. The lowest BCUT2D eigenvalue weighted by Gasteiger charge is -2.23. The van der Waals surface area contributed by atoms with Gasteiger partial charge in [-0.2, -0.15) is 0 Å². The average molecular weight is 312 g/mol. The van der Waals surface area contributed by atoms with Crippen LogP contribution in [0, 0.1) is 0 Å². The first kappa shape index (κ1) is 17.9. The maximum absolute atomic E-state index is 5.15. The smallest absolute Gasteiger partial charge is 0.191 e. The first-order chi connectivity index (χ1) is 10.1. The van der Waals surface area contributed by atoms with Crippen LogP contribution in [-0.2, 0) is 4.74 Å². The van der Waals surface area contributed by atoms with Crippen LogP contribution in [0.2, 0.25) is 0 Å². The molecule has 6 heteroatoms. The van der Waals surface area contributed by atoms with Crippen LogP contribution in [0.5, 0.6) is 0 Å². The fourth-order valence-corrected chi connectivity index (χ4v) is 2.93. The van der Waals surface area contributed by atoms with Crippen molar-refractivity contribution in [3.63, 3.8) is 0 Å². The number of methoxy groups -OCH3 is 1. The molecule has 0 spiro atoms. The van der Waals surface area contributed by atoms with Crippen molar-refractivity contribution in [3.05, 3.63) is 22.4 Å². The Morgan fingerprint density at radius 1 is 1.48 bits per heavy atom. The third-order valence-corrected chi connectivity index (χ3v) is 4.03. The highest BCUT2D eigenvalue weighted by Gasteiger charge is 2.15. The van der Waals surface area contributed by atoms with Crippen LogP contribution in [-0.4, -0.2) is 57.8 Å². The summed E-state index contributed by atoms with van der Waals surface area (Å²) in [6.07, 6.45) is 0. The van der Waals surface area contributed by atoms with Gasteiger partial charge in [-0.3, -0.25) is 4.99 Å². The second kappa shape index (κ2) is 9.76. The van der Waals surface area contributed by atoms with Gasteiger partial charge < -0.3 is 20.3 Å². The molecule has 120 valence electrons. The molecule has 2 N–H and O–H groups in total. The van der Waals surface area contributed by atoms with Crippen molar-refractivity contribution in [1.29, 1.82) is 0 Å². The maximum atomic E-state index is 5.15. The molecule has 1 aromatic heterocycles. The number of hydrogen-bond acceptors (Lipinski definition) is 4. The number of rotatable bonds is 8. The van der Waals surface area contributed by atoms with Gasteiger partial charge in [0.1, 0.15) is 0 Å². The number of nitrogens with zero attached hydrogens (tertiary/aromatic N) is 2. The summed E-state index contributed by atoms with van der Waals surface area (Å²) in [6, 6.07) is 4.79. The van der Waals surface area contributed by atoms with E-state index in [1.54, 1.807) is 18.4 Å². The highest BCUT2D eigenvalue weighted by Crippen LogP contribution is 2.23. The maximum Gasteiger partial charge on any atom is 0.191 e. The lowest BCUT2D eigenvalue weighted by Crippen LogP contribution is -2.44. The SMILES string of the molecule is CCNC(=NCC(c1cccs1)N(C)C)NC(C)COC. The predicted octanol–water partition coefficient (Wildman–Crippen LogP) is 1.94. The molecule has 0 aliphatic heterocycles. The Morgan fingerprint density at radius 3 is 2.76 bits per heavy atom.